The van der Waals surface area contributed by atoms with Crippen molar-refractivity contribution in [3.63, 3.8) is 0 Å². The molecule has 3 atom stereocenters. The predicted octanol–water partition coefficient (Wildman–Crippen LogP) is 2.33. The molecule has 2 saturated heterocycles. The van der Waals surface area contributed by atoms with E-state index >= 15 is 0 Å². The van der Waals surface area contributed by atoms with Gasteiger partial charge in [0.2, 0.25) is 11.8 Å². The third-order valence-electron chi connectivity index (χ3n) is 6.73. The van der Waals surface area contributed by atoms with Crippen LogP contribution in [0.3, 0.4) is 0 Å². The average molecular weight is 406 g/mol. The summed E-state index contributed by atoms with van der Waals surface area (Å²) in [6, 6.07) is 12.0. The molecule has 5 rings (SSSR count). The van der Waals surface area contributed by atoms with E-state index in [2.05, 4.69) is 25.8 Å². The zero-order chi connectivity index (χ0) is 20.6. The monoisotopic (exact) mass is 405 g/mol. The quantitative estimate of drug-likeness (QED) is 0.642. The Hall–Kier alpha value is -2.93. The van der Waals surface area contributed by atoms with Gasteiger partial charge in [-0.05, 0) is 50.4 Å². The molecule has 0 unspecified atom stereocenters. The van der Waals surface area contributed by atoms with Crippen molar-refractivity contribution in [3.05, 3.63) is 54.4 Å². The van der Waals surface area contributed by atoms with Crippen LogP contribution in [0.2, 0.25) is 0 Å². The number of carbonyl (C=O) groups is 2. The molecule has 1 aromatic carbocycles. The molecule has 1 spiro atoms. The molecule has 2 fully saturated rings. The van der Waals surface area contributed by atoms with Crippen molar-refractivity contribution < 1.29 is 9.59 Å². The van der Waals surface area contributed by atoms with E-state index in [1.807, 2.05) is 36.4 Å². The topological polar surface area (TPSA) is 86.4 Å². The fourth-order valence-corrected chi connectivity index (χ4v) is 5.50. The lowest BCUT2D eigenvalue weighted by molar-refractivity contribution is -0.137. The molecule has 1 aromatic heterocycles. The smallest absolute Gasteiger partial charge is 0.250 e. The summed E-state index contributed by atoms with van der Waals surface area (Å²) in [5.74, 6) is -0.429. The van der Waals surface area contributed by atoms with Crippen molar-refractivity contribution in [1.82, 2.24) is 15.2 Å². The maximum Gasteiger partial charge on any atom is 0.250 e. The minimum atomic E-state index is -0.865. The minimum Gasteiger partial charge on any atom is -0.384 e. The van der Waals surface area contributed by atoms with Gasteiger partial charge in [0.1, 0.15) is 5.54 Å². The molecule has 0 bridgehead atoms. The average Bonchev–Trinajstić information content (AvgIpc) is 3.43. The second kappa shape index (κ2) is 7.72. The summed E-state index contributed by atoms with van der Waals surface area (Å²) in [5.41, 5.74) is 1.90. The number of nitrogens with one attached hydrogen (secondary N) is 3. The van der Waals surface area contributed by atoms with Gasteiger partial charge in [-0.2, -0.15) is 0 Å². The molecule has 30 heavy (non-hydrogen) atoms. The highest BCUT2D eigenvalue weighted by Gasteiger charge is 2.65. The number of nitrogens with zero attached hydrogens (tertiary/aromatic N) is 2. The predicted molar refractivity (Wildman–Crippen MR) is 115 cm³/mol. The van der Waals surface area contributed by atoms with Gasteiger partial charge < -0.3 is 16.0 Å². The first-order valence-corrected chi connectivity index (χ1v) is 10.8. The number of pyridine rings is 1. The van der Waals surface area contributed by atoms with Gasteiger partial charge in [0.05, 0.1) is 11.6 Å². The molecule has 156 valence electrons. The van der Waals surface area contributed by atoms with E-state index in [1.165, 1.54) is 0 Å². The van der Waals surface area contributed by atoms with Gasteiger partial charge >= 0.3 is 0 Å². The summed E-state index contributed by atoms with van der Waals surface area (Å²) < 4.78 is 0. The summed E-state index contributed by atoms with van der Waals surface area (Å²) in [5, 5.41) is 9.45. The number of para-hydroxylation sites is 1. The van der Waals surface area contributed by atoms with Crippen molar-refractivity contribution in [2.75, 3.05) is 30.3 Å². The van der Waals surface area contributed by atoms with Gasteiger partial charge in [-0.1, -0.05) is 18.2 Å². The van der Waals surface area contributed by atoms with Crippen LogP contribution in [-0.4, -0.2) is 47.4 Å². The maximum atomic E-state index is 13.3. The highest BCUT2D eigenvalue weighted by Crippen LogP contribution is 2.55. The normalized spacial score (nSPS) is 27.0. The van der Waals surface area contributed by atoms with Crippen molar-refractivity contribution >= 4 is 23.2 Å². The highest BCUT2D eigenvalue weighted by molar-refractivity contribution is 6.09. The lowest BCUT2D eigenvalue weighted by Crippen LogP contribution is -2.54. The zero-order valence-corrected chi connectivity index (χ0v) is 16.9. The van der Waals surface area contributed by atoms with Crippen LogP contribution in [0.15, 0.2) is 48.8 Å². The first-order valence-electron chi connectivity index (χ1n) is 10.8. The number of anilines is 2. The van der Waals surface area contributed by atoms with Gasteiger partial charge in [-0.3, -0.25) is 19.5 Å². The van der Waals surface area contributed by atoms with Gasteiger partial charge in [0.15, 0.2) is 0 Å². The number of hydrogen-bond donors (Lipinski definition) is 3. The molecular weight excluding hydrogens is 378 g/mol. The Morgan fingerprint density at radius 3 is 3.00 bits per heavy atom. The lowest BCUT2D eigenvalue weighted by Gasteiger charge is -2.36. The Kier molecular flexibility index (Phi) is 4.90. The van der Waals surface area contributed by atoms with E-state index in [0.29, 0.717) is 12.6 Å². The molecule has 3 aliphatic rings. The van der Waals surface area contributed by atoms with Crippen molar-refractivity contribution in [3.8, 4) is 0 Å². The molecule has 7 nitrogen and oxygen atoms in total. The van der Waals surface area contributed by atoms with Crippen LogP contribution >= 0.6 is 0 Å². The van der Waals surface area contributed by atoms with Crippen molar-refractivity contribution in [2.24, 2.45) is 5.92 Å². The van der Waals surface area contributed by atoms with Crippen molar-refractivity contribution in [1.29, 1.82) is 0 Å². The van der Waals surface area contributed by atoms with Crippen LogP contribution in [0.5, 0.6) is 0 Å². The van der Waals surface area contributed by atoms with Crippen LogP contribution in [0.25, 0.3) is 0 Å². The van der Waals surface area contributed by atoms with E-state index in [9.17, 15) is 9.59 Å². The van der Waals surface area contributed by atoms with E-state index < -0.39 is 5.54 Å². The third-order valence-corrected chi connectivity index (χ3v) is 6.73. The molecule has 0 radical (unpaired) electrons. The summed E-state index contributed by atoms with van der Waals surface area (Å²) in [6.45, 7) is 2.19. The van der Waals surface area contributed by atoms with Gasteiger partial charge in [0, 0.05) is 42.8 Å². The Bertz CT molecular complexity index is 950. The summed E-state index contributed by atoms with van der Waals surface area (Å²) in [7, 11) is 0. The fraction of sp³-hybridized carbons (Fsp3) is 0.435. The number of rotatable bonds is 6. The standard InChI is InChI=1S/C23H27N5O2/c29-21(26-12-5-11-25-16-6-3-10-24-15-16)19-14-17-7-4-13-28(17)23(19)18-8-1-2-9-20(18)27-22(23)30/h1-3,6,8-10,15,17,19,25H,4-5,7,11-14H2,(H,26,29)(H,27,30)/t17-,19+,23+/m1/s1. The summed E-state index contributed by atoms with van der Waals surface area (Å²) >= 11 is 0. The van der Waals surface area contributed by atoms with Gasteiger partial charge in [-0.15, -0.1) is 0 Å². The van der Waals surface area contributed by atoms with Crippen LogP contribution in [0, 0.1) is 5.92 Å². The molecule has 3 N–H and O–H groups in total. The maximum absolute atomic E-state index is 13.3. The second-order valence-electron chi connectivity index (χ2n) is 8.36. The van der Waals surface area contributed by atoms with E-state index in [4.69, 9.17) is 0 Å². The minimum absolute atomic E-state index is 0.0161. The molecule has 4 heterocycles. The Balaban J connectivity index is 1.29. The number of aromatic nitrogens is 1. The Labute approximate surface area is 176 Å². The van der Waals surface area contributed by atoms with Crippen LogP contribution in [0.1, 0.15) is 31.2 Å². The number of carbonyl (C=O) groups excluding carboxylic acids is 2. The molecule has 2 aromatic rings. The number of hydrogen-bond acceptors (Lipinski definition) is 5. The molecular formula is C23H27N5O2. The van der Waals surface area contributed by atoms with Crippen LogP contribution in [0.4, 0.5) is 11.4 Å². The van der Waals surface area contributed by atoms with Crippen LogP contribution < -0.4 is 16.0 Å². The Morgan fingerprint density at radius 2 is 2.13 bits per heavy atom. The van der Waals surface area contributed by atoms with Gasteiger partial charge in [0.25, 0.3) is 0 Å². The first kappa shape index (κ1) is 19.1. The molecule has 3 aliphatic heterocycles. The van der Waals surface area contributed by atoms with Gasteiger partial charge in [-0.25, -0.2) is 0 Å². The third kappa shape index (κ3) is 2.96. The fourth-order valence-electron chi connectivity index (χ4n) is 5.50. The SMILES string of the molecule is O=C(NCCCNc1cccnc1)[C@@H]1C[C@H]2CCCN2[C@]12C(=O)Nc1ccccc12. The number of fused-ring (bicyclic) bond motifs is 4. The highest BCUT2D eigenvalue weighted by atomic mass is 16.2. The lowest BCUT2D eigenvalue weighted by atomic mass is 9.78. The Morgan fingerprint density at radius 1 is 1.23 bits per heavy atom. The van der Waals surface area contributed by atoms with Crippen LogP contribution in [-0.2, 0) is 15.1 Å². The molecule has 0 saturated carbocycles. The van der Waals surface area contributed by atoms with E-state index in [1.54, 1.807) is 12.4 Å². The molecule has 7 heteroatoms. The number of amides is 2. The largest absolute Gasteiger partial charge is 0.384 e. The molecule has 0 aliphatic carbocycles. The van der Waals surface area contributed by atoms with E-state index in [0.717, 1.165) is 55.7 Å². The first-order chi connectivity index (χ1) is 14.7. The summed E-state index contributed by atoms with van der Waals surface area (Å²) in [6.07, 6.45) is 7.19. The van der Waals surface area contributed by atoms with E-state index in [-0.39, 0.29) is 17.7 Å². The zero-order valence-electron chi connectivity index (χ0n) is 16.9. The second-order valence-corrected chi connectivity index (χ2v) is 8.36. The summed E-state index contributed by atoms with van der Waals surface area (Å²) in [4.78, 5) is 33.0. The van der Waals surface area contributed by atoms with Crippen molar-refractivity contribution in [2.45, 2.75) is 37.3 Å². The molecule has 2 amide bonds. The number of benzene rings is 1.